The number of carbonyl (C=O) groups excluding carboxylic acids is 3. The van der Waals surface area contributed by atoms with Crippen LogP contribution in [0.15, 0.2) is 46.9 Å². The van der Waals surface area contributed by atoms with E-state index in [0.29, 0.717) is 5.56 Å². The van der Waals surface area contributed by atoms with Crippen molar-refractivity contribution in [3.63, 3.8) is 0 Å². The van der Waals surface area contributed by atoms with Crippen molar-refractivity contribution in [2.75, 3.05) is 6.54 Å². The molecular formula is C26H28BrFN2O6. The van der Waals surface area contributed by atoms with Gasteiger partial charge in [0.1, 0.15) is 30.2 Å². The number of halogens is 2. The number of amides is 2. The fraction of sp³-hybridized carbons (Fsp3) is 0.423. The number of nitrogens with zero attached hydrogens (tertiary/aromatic N) is 2. The zero-order valence-corrected chi connectivity index (χ0v) is 21.9. The minimum atomic E-state index is -0.971. The second-order valence-electron chi connectivity index (χ2n) is 9.86. The molecular weight excluding hydrogens is 535 g/mol. The van der Waals surface area contributed by atoms with Crippen molar-refractivity contribution in [3.05, 3.63) is 69.4 Å². The Balaban J connectivity index is 1.41. The van der Waals surface area contributed by atoms with E-state index >= 15 is 0 Å². The maximum Gasteiger partial charge on any atom is 0.411 e. The third-order valence-electron chi connectivity index (χ3n) is 5.91. The number of hydrogen-bond acceptors (Lipinski definition) is 6. The Morgan fingerprint density at radius 3 is 2.44 bits per heavy atom. The van der Waals surface area contributed by atoms with E-state index < -0.39 is 35.9 Å². The molecule has 8 nitrogen and oxygen atoms in total. The van der Waals surface area contributed by atoms with Crippen LogP contribution in [0.1, 0.15) is 43.9 Å². The lowest BCUT2D eigenvalue weighted by molar-refractivity contribution is -0.150. The standard InChI is InChI=1S/C26H28BrFN2O6/c1-26(2,3)36-25(33)30-13-19(11-22(30)23(31)34-15-16-7-9-18(27)10-8-16)35-24(32)29-12-17-5-4-6-21(28)20(17)14-29/h4-10,19,22H,11-15H2,1-3H3/t19-,22+/m1/s1. The average Bonchev–Trinajstić information content (AvgIpc) is 3.43. The summed E-state index contributed by atoms with van der Waals surface area (Å²) in [5.41, 5.74) is 1.20. The highest BCUT2D eigenvalue weighted by Gasteiger charge is 2.44. The Labute approximate surface area is 217 Å². The van der Waals surface area contributed by atoms with Gasteiger partial charge in [-0.1, -0.05) is 40.2 Å². The second-order valence-corrected chi connectivity index (χ2v) is 10.8. The van der Waals surface area contributed by atoms with Crippen LogP contribution < -0.4 is 0 Å². The first-order chi connectivity index (χ1) is 17.0. The van der Waals surface area contributed by atoms with E-state index in [-0.39, 0.29) is 38.5 Å². The van der Waals surface area contributed by atoms with Gasteiger partial charge in [-0.25, -0.2) is 18.8 Å². The summed E-state index contributed by atoms with van der Waals surface area (Å²) in [5, 5.41) is 0. The molecule has 2 aromatic rings. The van der Waals surface area contributed by atoms with Crippen molar-refractivity contribution < 1.29 is 33.0 Å². The Morgan fingerprint density at radius 2 is 1.78 bits per heavy atom. The van der Waals surface area contributed by atoms with Crippen LogP contribution in [0.3, 0.4) is 0 Å². The summed E-state index contributed by atoms with van der Waals surface area (Å²) in [6.45, 7) is 5.52. The molecule has 2 aromatic carbocycles. The van der Waals surface area contributed by atoms with Crippen LogP contribution in [0.25, 0.3) is 0 Å². The second kappa shape index (κ2) is 10.5. The first-order valence-electron chi connectivity index (χ1n) is 11.6. The first kappa shape index (κ1) is 25.9. The van der Waals surface area contributed by atoms with Gasteiger partial charge < -0.3 is 14.2 Å². The predicted molar refractivity (Wildman–Crippen MR) is 131 cm³/mol. The highest BCUT2D eigenvalue weighted by Crippen LogP contribution is 2.29. The molecule has 1 fully saturated rings. The minimum Gasteiger partial charge on any atom is -0.459 e. The van der Waals surface area contributed by atoms with Gasteiger partial charge in [0, 0.05) is 23.0 Å². The number of carbonyl (C=O) groups is 3. The van der Waals surface area contributed by atoms with Crippen molar-refractivity contribution in [3.8, 4) is 0 Å². The van der Waals surface area contributed by atoms with Crippen molar-refractivity contribution in [2.45, 2.75) is 64.6 Å². The molecule has 2 atom stereocenters. The molecule has 2 aliphatic heterocycles. The van der Waals surface area contributed by atoms with Crippen LogP contribution in [0.4, 0.5) is 14.0 Å². The number of benzene rings is 2. The SMILES string of the molecule is CC(C)(C)OC(=O)N1C[C@H](OC(=O)N2Cc3cccc(F)c3C2)C[C@H]1C(=O)OCc1ccc(Br)cc1. The molecule has 0 aliphatic carbocycles. The van der Waals surface area contributed by atoms with Crippen LogP contribution in [0, 0.1) is 5.82 Å². The van der Waals surface area contributed by atoms with Crippen LogP contribution in [-0.4, -0.2) is 52.2 Å². The van der Waals surface area contributed by atoms with Crippen LogP contribution in [0.5, 0.6) is 0 Å². The fourth-order valence-corrected chi connectivity index (χ4v) is 4.45. The van der Waals surface area contributed by atoms with E-state index in [0.717, 1.165) is 15.6 Å². The fourth-order valence-electron chi connectivity index (χ4n) is 4.19. The van der Waals surface area contributed by atoms with Crippen LogP contribution >= 0.6 is 15.9 Å². The lowest BCUT2D eigenvalue weighted by Crippen LogP contribution is -2.44. The number of ether oxygens (including phenoxy) is 3. The zero-order chi connectivity index (χ0) is 26.0. The van der Waals surface area contributed by atoms with Gasteiger partial charge in [0.2, 0.25) is 0 Å². The van der Waals surface area contributed by atoms with Gasteiger partial charge in [-0.15, -0.1) is 0 Å². The Morgan fingerprint density at radius 1 is 1.06 bits per heavy atom. The van der Waals surface area contributed by atoms with Gasteiger partial charge in [-0.2, -0.15) is 0 Å². The van der Waals surface area contributed by atoms with E-state index in [1.807, 2.05) is 24.3 Å². The normalized spacial score (nSPS) is 19.1. The van der Waals surface area contributed by atoms with Gasteiger partial charge >= 0.3 is 18.2 Å². The topological polar surface area (TPSA) is 85.4 Å². The Kier molecular flexibility index (Phi) is 7.54. The highest BCUT2D eigenvalue weighted by molar-refractivity contribution is 9.10. The number of esters is 1. The Bertz CT molecular complexity index is 1150. The molecule has 0 saturated carbocycles. The highest BCUT2D eigenvalue weighted by atomic mass is 79.9. The van der Waals surface area contributed by atoms with Gasteiger partial charge in [-0.3, -0.25) is 9.80 Å². The minimum absolute atomic E-state index is 0.0200. The molecule has 0 aromatic heterocycles. The largest absolute Gasteiger partial charge is 0.459 e. The van der Waals surface area contributed by atoms with E-state index in [4.69, 9.17) is 14.2 Å². The van der Waals surface area contributed by atoms with Gasteiger partial charge in [0.05, 0.1) is 13.1 Å². The molecule has 36 heavy (non-hydrogen) atoms. The van der Waals surface area contributed by atoms with Crippen LogP contribution in [0.2, 0.25) is 0 Å². The van der Waals surface area contributed by atoms with E-state index in [1.165, 1.54) is 15.9 Å². The molecule has 2 aliphatic rings. The summed E-state index contributed by atoms with van der Waals surface area (Å²) < 4.78 is 31.6. The van der Waals surface area contributed by atoms with Crippen molar-refractivity contribution in [2.24, 2.45) is 0 Å². The predicted octanol–water partition coefficient (Wildman–Crippen LogP) is 5.16. The van der Waals surface area contributed by atoms with E-state index in [9.17, 15) is 18.8 Å². The van der Waals surface area contributed by atoms with Gasteiger partial charge in [-0.05, 0) is 50.1 Å². The summed E-state index contributed by atoms with van der Waals surface area (Å²) in [7, 11) is 0. The van der Waals surface area contributed by atoms with Crippen molar-refractivity contribution in [1.29, 1.82) is 0 Å². The number of likely N-dealkylation sites (tertiary alicyclic amines) is 1. The van der Waals surface area contributed by atoms with Crippen LogP contribution in [-0.2, 0) is 38.7 Å². The first-order valence-corrected chi connectivity index (χ1v) is 12.4. The molecule has 10 heteroatoms. The molecule has 0 bridgehead atoms. The summed E-state index contributed by atoms with van der Waals surface area (Å²) in [6.07, 6.45) is -2.01. The molecule has 1 saturated heterocycles. The van der Waals surface area contributed by atoms with E-state index in [1.54, 1.807) is 32.9 Å². The third kappa shape index (κ3) is 6.16. The van der Waals surface area contributed by atoms with Gasteiger partial charge in [0.15, 0.2) is 0 Å². The molecule has 2 heterocycles. The number of fused-ring (bicyclic) bond motifs is 1. The lowest BCUT2D eigenvalue weighted by Gasteiger charge is -2.27. The van der Waals surface area contributed by atoms with Crippen molar-refractivity contribution in [1.82, 2.24) is 9.80 Å². The molecule has 0 radical (unpaired) electrons. The quantitative estimate of drug-likeness (QED) is 0.378. The number of hydrogen-bond donors (Lipinski definition) is 0. The molecule has 0 unspecified atom stereocenters. The molecule has 2 amide bonds. The van der Waals surface area contributed by atoms with Crippen molar-refractivity contribution >= 4 is 34.1 Å². The summed E-state index contributed by atoms with van der Waals surface area (Å²) in [6, 6.07) is 11.1. The zero-order valence-electron chi connectivity index (χ0n) is 20.3. The summed E-state index contributed by atoms with van der Waals surface area (Å²) in [5.74, 6) is -0.980. The average molecular weight is 563 g/mol. The van der Waals surface area contributed by atoms with E-state index in [2.05, 4.69) is 15.9 Å². The Hall–Kier alpha value is -3.14. The summed E-state index contributed by atoms with van der Waals surface area (Å²) in [4.78, 5) is 41.3. The maximum atomic E-state index is 14.1. The number of rotatable bonds is 4. The van der Waals surface area contributed by atoms with Gasteiger partial charge in [0.25, 0.3) is 0 Å². The summed E-state index contributed by atoms with van der Waals surface area (Å²) >= 11 is 3.36. The molecule has 0 spiro atoms. The molecule has 192 valence electrons. The molecule has 4 rings (SSSR count). The monoisotopic (exact) mass is 562 g/mol. The third-order valence-corrected chi connectivity index (χ3v) is 6.44. The lowest BCUT2D eigenvalue weighted by atomic mass is 10.1. The maximum absolute atomic E-state index is 14.1. The molecule has 0 N–H and O–H groups in total. The smallest absolute Gasteiger partial charge is 0.411 e.